The fourth-order valence-corrected chi connectivity index (χ4v) is 5.31. The summed E-state index contributed by atoms with van der Waals surface area (Å²) < 4.78 is 33.2. The maximum atomic E-state index is 13.4. The number of hydrazone groups is 1. The molecule has 40 heavy (non-hydrogen) atoms. The first-order chi connectivity index (χ1) is 19.2. The number of hydrogen-bond acceptors (Lipinski definition) is 7. The summed E-state index contributed by atoms with van der Waals surface area (Å²) in [6.45, 7) is -0.401. The molecule has 1 N–H and O–H groups in total. The maximum absolute atomic E-state index is 13.4. The van der Waals surface area contributed by atoms with E-state index in [2.05, 4.69) is 10.5 Å². The standard InChI is InChI=1S/C28H23ClN4O6S/c29-23-8-6-7-22(17-23)20-39-24-15-13-21(14-16-24)18-30-31-28(34)19-32(26-11-4-5-12-27(26)33(35)36)40(37,38)25-9-2-1-3-10-25/h1-18H,19-20H2,(H,31,34)/b30-18-. The molecule has 0 heterocycles. The molecule has 0 aliphatic heterocycles. The summed E-state index contributed by atoms with van der Waals surface area (Å²) in [5, 5.41) is 16.1. The summed E-state index contributed by atoms with van der Waals surface area (Å²) in [5.41, 5.74) is 3.14. The van der Waals surface area contributed by atoms with Gasteiger partial charge in [-0.25, -0.2) is 18.1 Å². The molecular weight excluding hydrogens is 556 g/mol. The van der Waals surface area contributed by atoms with Crippen molar-refractivity contribution in [2.24, 2.45) is 5.10 Å². The van der Waals surface area contributed by atoms with Gasteiger partial charge < -0.3 is 4.74 Å². The summed E-state index contributed by atoms with van der Waals surface area (Å²) in [6.07, 6.45) is 1.37. The molecule has 0 saturated heterocycles. The highest BCUT2D eigenvalue weighted by Crippen LogP contribution is 2.32. The smallest absolute Gasteiger partial charge is 0.293 e. The van der Waals surface area contributed by atoms with Gasteiger partial charge in [0.2, 0.25) is 0 Å². The molecular formula is C28H23ClN4O6S. The van der Waals surface area contributed by atoms with Crippen LogP contribution in [0.15, 0.2) is 113 Å². The monoisotopic (exact) mass is 578 g/mol. The third-order valence-electron chi connectivity index (χ3n) is 5.54. The van der Waals surface area contributed by atoms with Crippen LogP contribution in [0, 0.1) is 10.1 Å². The summed E-state index contributed by atoms with van der Waals surface area (Å²) in [6, 6.07) is 26.9. The van der Waals surface area contributed by atoms with E-state index in [4.69, 9.17) is 16.3 Å². The minimum atomic E-state index is -4.32. The average Bonchev–Trinajstić information content (AvgIpc) is 2.96. The van der Waals surface area contributed by atoms with Gasteiger partial charge in [0.25, 0.3) is 21.6 Å². The molecule has 0 spiro atoms. The molecule has 0 radical (unpaired) electrons. The van der Waals surface area contributed by atoms with Crippen LogP contribution in [0.1, 0.15) is 11.1 Å². The number of sulfonamides is 1. The predicted octanol–water partition coefficient (Wildman–Crippen LogP) is 5.17. The number of nitrogens with one attached hydrogen (secondary N) is 1. The zero-order valence-electron chi connectivity index (χ0n) is 20.9. The molecule has 4 aromatic carbocycles. The second-order valence-electron chi connectivity index (χ2n) is 8.35. The van der Waals surface area contributed by atoms with Crippen LogP contribution in [0.25, 0.3) is 0 Å². The number of ether oxygens (including phenoxy) is 1. The highest BCUT2D eigenvalue weighted by molar-refractivity contribution is 7.92. The van der Waals surface area contributed by atoms with Gasteiger partial charge >= 0.3 is 0 Å². The van der Waals surface area contributed by atoms with Gasteiger partial charge in [-0.1, -0.05) is 54.1 Å². The second-order valence-corrected chi connectivity index (χ2v) is 10.7. The number of benzene rings is 4. The molecule has 0 fully saturated rings. The highest BCUT2D eigenvalue weighted by Gasteiger charge is 2.31. The Balaban J connectivity index is 1.44. The maximum Gasteiger partial charge on any atom is 0.293 e. The number of nitro groups is 1. The van der Waals surface area contributed by atoms with Gasteiger partial charge in [0, 0.05) is 11.1 Å². The fraction of sp³-hybridized carbons (Fsp3) is 0.0714. The zero-order chi connectivity index (χ0) is 28.5. The molecule has 0 aromatic heterocycles. The van der Waals surface area contributed by atoms with Gasteiger partial charge in [0.1, 0.15) is 24.6 Å². The number of hydrogen-bond donors (Lipinski definition) is 1. The van der Waals surface area contributed by atoms with Gasteiger partial charge in [0.05, 0.1) is 16.0 Å². The number of nitro benzene ring substituents is 1. The normalized spacial score (nSPS) is 11.2. The summed E-state index contributed by atoms with van der Waals surface area (Å²) in [7, 11) is -4.32. The molecule has 0 saturated carbocycles. The number of carbonyl (C=O) groups is 1. The molecule has 4 rings (SSSR count). The molecule has 1 amide bonds. The van der Waals surface area contributed by atoms with Crippen LogP contribution >= 0.6 is 11.6 Å². The summed E-state index contributed by atoms with van der Waals surface area (Å²) in [4.78, 5) is 23.5. The van der Waals surface area contributed by atoms with Gasteiger partial charge in [-0.05, 0) is 65.7 Å². The van der Waals surface area contributed by atoms with E-state index in [1.165, 1.54) is 54.7 Å². The topological polar surface area (TPSA) is 131 Å². The van der Waals surface area contributed by atoms with Crippen molar-refractivity contribution in [1.29, 1.82) is 0 Å². The Morgan fingerprint density at radius 1 is 0.975 bits per heavy atom. The molecule has 0 aliphatic carbocycles. The number of nitrogens with zero attached hydrogens (tertiary/aromatic N) is 3. The minimum Gasteiger partial charge on any atom is -0.489 e. The molecule has 204 valence electrons. The van der Waals surface area contributed by atoms with Gasteiger partial charge in [0.15, 0.2) is 0 Å². The quantitative estimate of drug-likeness (QED) is 0.148. The average molecular weight is 579 g/mol. The van der Waals surface area contributed by atoms with Crippen LogP contribution in [-0.4, -0.2) is 32.0 Å². The molecule has 0 atom stereocenters. The number of amides is 1. The van der Waals surface area contributed by atoms with Crippen molar-refractivity contribution < 1.29 is 22.9 Å². The Hall–Kier alpha value is -4.74. The number of anilines is 1. The lowest BCUT2D eigenvalue weighted by Crippen LogP contribution is -2.39. The third-order valence-corrected chi connectivity index (χ3v) is 7.55. The molecule has 0 aliphatic rings. The van der Waals surface area contributed by atoms with Crippen LogP contribution in [0.2, 0.25) is 5.02 Å². The fourth-order valence-electron chi connectivity index (χ4n) is 3.64. The Labute approximate surface area is 235 Å². The van der Waals surface area contributed by atoms with E-state index < -0.39 is 33.1 Å². The molecule has 10 nitrogen and oxygen atoms in total. The van der Waals surface area contributed by atoms with Crippen molar-refractivity contribution in [2.75, 3.05) is 10.8 Å². The highest BCUT2D eigenvalue weighted by atomic mass is 35.5. The van der Waals surface area contributed by atoms with Crippen molar-refractivity contribution in [3.63, 3.8) is 0 Å². The van der Waals surface area contributed by atoms with E-state index in [9.17, 15) is 23.3 Å². The Kier molecular flexibility index (Phi) is 9.10. The van der Waals surface area contributed by atoms with Crippen LogP contribution in [-0.2, 0) is 21.4 Å². The van der Waals surface area contributed by atoms with E-state index in [0.29, 0.717) is 27.2 Å². The number of carbonyl (C=O) groups excluding carboxylic acids is 1. The lowest BCUT2D eigenvalue weighted by Gasteiger charge is -2.23. The first-order valence-electron chi connectivity index (χ1n) is 11.8. The second kappa shape index (κ2) is 12.9. The van der Waals surface area contributed by atoms with Crippen molar-refractivity contribution in [1.82, 2.24) is 5.43 Å². The predicted molar refractivity (Wildman–Crippen MR) is 152 cm³/mol. The van der Waals surface area contributed by atoms with E-state index in [1.807, 2.05) is 18.2 Å². The van der Waals surface area contributed by atoms with E-state index in [-0.39, 0.29) is 10.6 Å². The third kappa shape index (κ3) is 7.22. The van der Waals surface area contributed by atoms with Gasteiger partial charge in [-0.2, -0.15) is 5.10 Å². The van der Waals surface area contributed by atoms with Crippen LogP contribution in [0.5, 0.6) is 5.75 Å². The molecule has 0 unspecified atom stereocenters. The van der Waals surface area contributed by atoms with Gasteiger partial charge in [-0.3, -0.25) is 14.9 Å². The van der Waals surface area contributed by atoms with Crippen molar-refractivity contribution >= 4 is 45.1 Å². The van der Waals surface area contributed by atoms with E-state index in [1.54, 1.807) is 36.4 Å². The van der Waals surface area contributed by atoms with Crippen LogP contribution < -0.4 is 14.5 Å². The molecule has 12 heteroatoms. The van der Waals surface area contributed by atoms with Crippen LogP contribution in [0.4, 0.5) is 11.4 Å². The van der Waals surface area contributed by atoms with Gasteiger partial charge in [-0.15, -0.1) is 0 Å². The van der Waals surface area contributed by atoms with E-state index in [0.717, 1.165) is 5.56 Å². The van der Waals surface area contributed by atoms with Crippen molar-refractivity contribution in [3.05, 3.63) is 129 Å². The SMILES string of the molecule is O=C(CN(c1ccccc1[N+](=O)[O-])S(=O)(=O)c1ccccc1)N/N=C\c1ccc(OCc2cccc(Cl)c2)cc1. The Morgan fingerprint density at radius 3 is 2.38 bits per heavy atom. The van der Waals surface area contributed by atoms with Crippen molar-refractivity contribution in [3.8, 4) is 5.75 Å². The minimum absolute atomic E-state index is 0.123. The Morgan fingerprint density at radius 2 is 1.68 bits per heavy atom. The van der Waals surface area contributed by atoms with E-state index >= 15 is 0 Å². The number of rotatable bonds is 11. The van der Waals surface area contributed by atoms with Crippen molar-refractivity contribution in [2.45, 2.75) is 11.5 Å². The summed E-state index contributed by atoms with van der Waals surface area (Å²) >= 11 is 5.99. The number of halogens is 1. The first-order valence-corrected chi connectivity index (χ1v) is 13.7. The Bertz CT molecular complexity index is 1630. The lowest BCUT2D eigenvalue weighted by molar-refractivity contribution is -0.384. The van der Waals surface area contributed by atoms with Crippen LogP contribution in [0.3, 0.4) is 0 Å². The molecule has 0 bridgehead atoms. The largest absolute Gasteiger partial charge is 0.489 e. The number of para-hydroxylation sites is 2. The lowest BCUT2D eigenvalue weighted by atomic mass is 10.2. The first kappa shape index (κ1) is 28.3. The summed E-state index contributed by atoms with van der Waals surface area (Å²) in [5.74, 6) is -0.178. The molecule has 4 aromatic rings. The zero-order valence-corrected chi connectivity index (χ0v) is 22.5.